The van der Waals surface area contributed by atoms with E-state index in [0.717, 1.165) is 19.2 Å². The van der Waals surface area contributed by atoms with Gasteiger partial charge in [-0.2, -0.15) is 26.3 Å². The summed E-state index contributed by atoms with van der Waals surface area (Å²) >= 11 is 0.243. The van der Waals surface area contributed by atoms with Crippen molar-refractivity contribution >= 4 is 34.0 Å². The van der Waals surface area contributed by atoms with Crippen LogP contribution in [-0.2, 0) is 20.5 Å². The van der Waals surface area contributed by atoms with Gasteiger partial charge in [0.1, 0.15) is 0 Å². The molecule has 0 saturated heterocycles. The summed E-state index contributed by atoms with van der Waals surface area (Å²) in [6, 6.07) is 4.69. The predicted octanol–water partition coefficient (Wildman–Crippen LogP) is 4.67. The van der Waals surface area contributed by atoms with Crippen LogP contribution >= 0.6 is 11.3 Å². The molecule has 1 aromatic heterocycles. The molecular weight excluding hydrogens is 414 g/mol. The van der Waals surface area contributed by atoms with Crippen molar-refractivity contribution in [3.8, 4) is 0 Å². The number of aromatic nitrogens is 1. The van der Waals surface area contributed by atoms with E-state index in [2.05, 4.69) is 9.72 Å². The van der Waals surface area contributed by atoms with E-state index in [0.29, 0.717) is 10.9 Å². The second-order valence-corrected chi connectivity index (χ2v) is 6.32. The quantitative estimate of drug-likeness (QED) is 0.527. The van der Waals surface area contributed by atoms with Crippen molar-refractivity contribution in [3.05, 3.63) is 40.9 Å². The van der Waals surface area contributed by atoms with E-state index in [1.165, 1.54) is 19.1 Å². The molecule has 0 saturated carbocycles. The van der Waals surface area contributed by atoms with Gasteiger partial charge in [-0.25, -0.2) is 9.88 Å². The first-order valence-electron chi connectivity index (χ1n) is 7.48. The number of carbonyl (C=O) groups is 2. The van der Waals surface area contributed by atoms with E-state index < -0.39 is 41.0 Å². The Bertz CT molecular complexity index is 860. The highest BCUT2D eigenvalue weighted by molar-refractivity contribution is 7.14. The highest BCUT2D eigenvalue weighted by Gasteiger charge is 2.45. The van der Waals surface area contributed by atoms with E-state index in [1.54, 1.807) is 0 Å². The number of ether oxygens (including phenoxy) is 1. The van der Waals surface area contributed by atoms with Crippen LogP contribution in [0.3, 0.4) is 0 Å². The number of benzene rings is 1. The Morgan fingerprint density at radius 2 is 1.68 bits per heavy atom. The maximum absolute atomic E-state index is 13.0. The van der Waals surface area contributed by atoms with Gasteiger partial charge in [0, 0.05) is 5.38 Å². The molecule has 0 aliphatic heterocycles. The van der Waals surface area contributed by atoms with Gasteiger partial charge in [0.25, 0.3) is 0 Å². The van der Waals surface area contributed by atoms with Crippen LogP contribution in [0.4, 0.5) is 37.2 Å². The molecule has 1 amide bonds. The van der Waals surface area contributed by atoms with Gasteiger partial charge in [-0.15, -0.1) is 11.3 Å². The van der Waals surface area contributed by atoms with Gasteiger partial charge in [-0.3, -0.25) is 9.59 Å². The van der Waals surface area contributed by atoms with Crippen LogP contribution < -0.4 is 4.90 Å². The number of carbonyl (C=O) groups excluding carboxylic acids is 2. The molecular formula is C16H12F6N2O3S. The molecule has 0 aliphatic rings. The van der Waals surface area contributed by atoms with Crippen molar-refractivity contribution in [2.75, 3.05) is 12.0 Å². The minimum absolute atomic E-state index is 0.0481. The number of esters is 1. The summed E-state index contributed by atoms with van der Waals surface area (Å²) in [6.07, 6.45) is -10.2. The molecule has 28 heavy (non-hydrogen) atoms. The number of rotatable bonds is 4. The SMILES string of the molecule is COC(=O)C(C)c1ccc(N(C(=O)C(F)(F)F)c2nc(C(F)(F)F)cs2)cc1. The van der Waals surface area contributed by atoms with E-state index in [-0.39, 0.29) is 21.9 Å². The van der Waals surface area contributed by atoms with Crippen LogP contribution in [0, 0.1) is 0 Å². The van der Waals surface area contributed by atoms with Crippen molar-refractivity contribution < 1.29 is 40.7 Å². The van der Waals surface area contributed by atoms with Crippen molar-refractivity contribution in [2.45, 2.75) is 25.2 Å². The van der Waals surface area contributed by atoms with Crippen LogP contribution in [0.2, 0.25) is 0 Å². The smallest absolute Gasteiger partial charge is 0.469 e. The Balaban J connectivity index is 2.47. The second kappa shape index (κ2) is 7.78. The second-order valence-electron chi connectivity index (χ2n) is 5.49. The van der Waals surface area contributed by atoms with Gasteiger partial charge in [-0.1, -0.05) is 12.1 Å². The number of alkyl halides is 6. The standard InChI is InChI=1S/C16H12F6N2O3S/c1-8(12(25)27-2)9-3-5-10(6-4-9)24(13(26)16(20,21)22)14-23-11(7-28-14)15(17,18)19/h3-8H,1-2H3. The maximum atomic E-state index is 13.0. The lowest BCUT2D eigenvalue weighted by Crippen LogP contribution is -2.38. The fraction of sp³-hybridized carbons (Fsp3) is 0.312. The average Bonchev–Trinajstić information content (AvgIpc) is 3.10. The molecule has 0 N–H and O–H groups in total. The number of methoxy groups -OCH3 is 1. The minimum Gasteiger partial charge on any atom is -0.469 e. The molecule has 1 atom stereocenters. The maximum Gasteiger partial charge on any atom is 0.472 e. The van der Waals surface area contributed by atoms with Crippen LogP contribution in [0.25, 0.3) is 0 Å². The van der Waals surface area contributed by atoms with Gasteiger partial charge in [-0.05, 0) is 24.6 Å². The van der Waals surface area contributed by atoms with Crippen molar-refractivity contribution in [2.24, 2.45) is 0 Å². The fourth-order valence-corrected chi connectivity index (χ4v) is 3.01. The summed E-state index contributed by atoms with van der Waals surface area (Å²) in [5, 5.41) is -0.275. The normalized spacial score (nSPS) is 13.1. The Hall–Kier alpha value is -2.63. The largest absolute Gasteiger partial charge is 0.472 e. The zero-order valence-corrected chi connectivity index (χ0v) is 15.1. The zero-order valence-electron chi connectivity index (χ0n) is 14.3. The summed E-state index contributed by atoms with van der Waals surface area (Å²) in [5.74, 6) is -3.72. The first-order chi connectivity index (χ1) is 12.9. The van der Waals surface area contributed by atoms with E-state index in [9.17, 15) is 35.9 Å². The summed E-state index contributed by atoms with van der Waals surface area (Å²) in [4.78, 5) is 26.5. The zero-order chi connectivity index (χ0) is 21.3. The first kappa shape index (κ1) is 21.7. The lowest BCUT2D eigenvalue weighted by Gasteiger charge is -2.22. The number of halogens is 6. The lowest BCUT2D eigenvalue weighted by atomic mass is 10.0. The van der Waals surface area contributed by atoms with Crippen LogP contribution in [0.5, 0.6) is 0 Å². The number of hydrogen-bond acceptors (Lipinski definition) is 5. The average molecular weight is 426 g/mol. The lowest BCUT2D eigenvalue weighted by molar-refractivity contribution is -0.169. The van der Waals surface area contributed by atoms with Gasteiger partial charge < -0.3 is 4.74 Å². The molecule has 2 rings (SSSR count). The van der Waals surface area contributed by atoms with Crippen molar-refractivity contribution in [3.63, 3.8) is 0 Å². The van der Waals surface area contributed by atoms with E-state index >= 15 is 0 Å². The molecule has 1 heterocycles. The summed E-state index contributed by atoms with van der Waals surface area (Å²) in [7, 11) is 1.16. The predicted molar refractivity (Wildman–Crippen MR) is 87.2 cm³/mol. The number of amides is 1. The number of hydrogen-bond donors (Lipinski definition) is 0. The summed E-state index contributed by atoms with van der Waals surface area (Å²) in [6.45, 7) is 1.50. The highest BCUT2D eigenvalue weighted by Crippen LogP contribution is 2.37. The Labute approximate surface area is 158 Å². The number of anilines is 2. The topological polar surface area (TPSA) is 59.5 Å². The highest BCUT2D eigenvalue weighted by atomic mass is 32.1. The third-order valence-electron chi connectivity index (χ3n) is 3.63. The number of nitrogens with zero attached hydrogens (tertiary/aromatic N) is 2. The van der Waals surface area contributed by atoms with Crippen molar-refractivity contribution in [1.29, 1.82) is 0 Å². The third kappa shape index (κ3) is 4.61. The van der Waals surface area contributed by atoms with Gasteiger partial charge in [0.05, 0.1) is 18.7 Å². The number of thiazole rings is 1. The minimum atomic E-state index is -5.35. The molecule has 0 fully saturated rings. The van der Waals surface area contributed by atoms with E-state index in [1.807, 2.05) is 0 Å². The monoisotopic (exact) mass is 426 g/mol. The molecule has 0 radical (unpaired) electrons. The van der Waals surface area contributed by atoms with Crippen molar-refractivity contribution in [1.82, 2.24) is 4.98 Å². The first-order valence-corrected chi connectivity index (χ1v) is 8.36. The van der Waals surface area contributed by atoms with Crippen LogP contribution in [0.15, 0.2) is 29.6 Å². The molecule has 1 aromatic carbocycles. The van der Waals surface area contributed by atoms with Crippen LogP contribution in [-0.4, -0.2) is 30.1 Å². The molecule has 0 bridgehead atoms. The van der Waals surface area contributed by atoms with E-state index in [4.69, 9.17) is 0 Å². The molecule has 0 aliphatic carbocycles. The Kier molecular flexibility index (Phi) is 6.02. The van der Waals surface area contributed by atoms with Gasteiger partial charge >= 0.3 is 24.2 Å². The molecule has 5 nitrogen and oxygen atoms in total. The molecule has 12 heteroatoms. The summed E-state index contributed by atoms with van der Waals surface area (Å²) < 4.78 is 81.7. The molecule has 0 spiro atoms. The third-order valence-corrected chi connectivity index (χ3v) is 4.45. The Morgan fingerprint density at radius 3 is 2.11 bits per heavy atom. The Morgan fingerprint density at radius 1 is 1.11 bits per heavy atom. The van der Waals surface area contributed by atoms with Crippen LogP contribution in [0.1, 0.15) is 24.1 Å². The summed E-state index contributed by atoms with van der Waals surface area (Å²) in [5.41, 5.74) is -1.39. The fourth-order valence-electron chi connectivity index (χ4n) is 2.16. The van der Waals surface area contributed by atoms with Gasteiger partial charge in [0.2, 0.25) is 0 Å². The molecule has 1 unspecified atom stereocenters. The van der Waals surface area contributed by atoms with Gasteiger partial charge in [0.15, 0.2) is 10.8 Å². The molecule has 152 valence electrons. The molecule has 2 aromatic rings.